The number of carbonyl (C=O) groups excluding carboxylic acids is 1. The van der Waals surface area contributed by atoms with Crippen molar-refractivity contribution in [1.82, 2.24) is 5.32 Å². The van der Waals surface area contributed by atoms with Gasteiger partial charge in [-0.05, 0) is 109 Å². The van der Waals surface area contributed by atoms with Gasteiger partial charge in [0.2, 0.25) is 5.91 Å². The van der Waals surface area contributed by atoms with Gasteiger partial charge in [-0.3, -0.25) is 4.79 Å². The molecule has 7 atom stereocenters. The summed E-state index contributed by atoms with van der Waals surface area (Å²) in [4.78, 5) is 13.2. The highest BCUT2D eigenvalue weighted by molar-refractivity contribution is 5.76. The van der Waals surface area contributed by atoms with Gasteiger partial charge in [0.15, 0.2) is 6.29 Å². The summed E-state index contributed by atoms with van der Waals surface area (Å²) in [5.41, 5.74) is 0. The van der Waals surface area contributed by atoms with Crippen LogP contribution in [0.2, 0.25) is 0 Å². The summed E-state index contributed by atoms with van der Waals surface area (Å²) >= 11 is 0. The molecule has 0 bridgehead atoms. The number of aliphatic hydroxyl groups excluding tert-OH is 5. The van der Waals surface area contributed by atoms with Crippen molar-refractivity contribution in [3.8, 4) is 0 Å². The first-order chi connectivity index (χ1) is 45.3. The predicted octanol–water partition coefficient (Wildman–Crippen LogP) is 21.9. The largest absolute Gasteiger partial charge is 0.394 e. The van der Waals surface area contributed by atoms with Crippen LogP contribution in [0.3, 0.4) is 0 Å². The van der Waals surface area contributed by atoms with E-state index in [1.54, 1.807) is 6.08 Å². The molecule has 0 saturated carbocycles. The van der Waals surface area contributed by atoms with Crippen LogP contribution >= 0.6 is 0 Å². The zero-order valence-corrected chi connectivity index (χ0v) is 59.3. The molecule has 1 aliphatic heterocycles. The summed E-state index contributed by atoms with van der Waals surface area (Å²) < 4.78 is 11.3. The molecule has 0 aromatic heterocycles. The van der Waals surface area contributed by atoms with Crippen molar-refractivity contribution in [2.24, 2.45) is 0 Å². The minimum absolute atomic E-state index is 0.195. The summed E-state index contributed by atoms with van der Waals surface area (Å²) in [6.45, 7) is 3.67. The van der Waals surface area contributed by atoms with E-state index in [1.807, 2.05) is 6.08 Å². The molecule has 92 heavy (non-hydrogen) atoms. The Morgan fingerprint density at radius 2 is 0.685 bits per heavy atom. The topological polar surface area (TPSA) is 149 Å². The Labute approximate surface area is 566 Å². The van der Waals surface area contributed by atoms with Crippen LogP contribution in [0.25, 0.3) is 0 Å². The van der Waals surface area contributed by atoms with Crippen molar-refractivity contribution in [3.63, 3.8) is 0 Å². The molecular formula is C83H143NO8. The molecule has 6 N–H and O–H groups in total. The van der Waals surface area contributed by atoms with Crippen LogP contribution in [0.4, 0.5) is 0 Å². The maximum Gasteiger partial charge on any atom is 0.220 e. The second kappa shape index (κ2) is 70.1. The molecule has 1 aliphatic rings. The van der Waals surface area contributed by atoms with E-state index < -0.39 is 49.5 Å². The number of carbonyl (C=O) groups is 1. The van der Waals surface area contributed by atoms with E-state index in [0.29, 0.717) is 6.42 Å². The van der Waals surface area contributed by atoms with E-state index in [4.69, 9.17) is 9.47 Å². The first-order valence-corrected chi connectivity index (χ1v) is 38.4. The van der Waals surface area contributed by atoms with E-state index in [2.05, 4.69) is 141 Å². The SMILES string of the molecule is CC/C=C\C/C=C\C/C=C\C/C=C\C/C=C\C/C=C\C/C=C\C/C=C\CCCCCCCCCCCCCCC(=O)NC(COC1OC(CO)C(O)C(O)C1O)C(O)/C=C/CC/C=C/CC/C=C/CCCCCCCCCCCCCCCCCCCCCCCC. The van der Waals surface area contributed by atoms with Crippen molar-refractivity contribution < 1.29 is 39.8 Å². The smallest absolute Gasteiger partial charge is 0.220 e. The molecule has 9 nitrogen and oxygen atoms in total. The van der Waals surface area contributed by atoms with Gasteiger partial charge in [-0.1, -0.05) is 347 Å². The summed E-state index contributed by atoms with van der Waals surface area (Å²) in [6.07, 6.45) is 100. The number of amides is 1. The molecule has 1 amide bonds. The molecule has 0 radical (unpaired) electrons. The monoisotopic (exact) mass is 1280 g/mol. The fourth-order valence-corrected chi connectivity index (χ4v) is 11.5. The fraction of sp³-hybridized carbons (Fsp3) is 0.723. The Balaban J connectivity index is 2.15. The number of nitrogens with one attached hydrogen (secondary N) is 1. The highest BCUT2D eigenvalue weighted by Gasteiger charge is 2.44. The van der Waals surface area contributed by atoms with Gasteiger partial charge in [0, 0.05) is 6.42 Å². The molecule has 528 valence electrons. The summed E-state index contributed by atoms with van der Waals surface area (Å²) in [7, 11) is 0. The van der Waals surface area contributed by atoms with Crippen molar-refractivity contribution >= 4 is 5.91 Å². The van der Waals surface area contributed by atoms with Crippen molar-refractivity contribution in [2.45, 2.75) is 371 Å². The molecule has 0 aliphatic carbocycles. The van der Waals surface area contributed by atoms with Crippen LogP contribution in [0.5, 0.6) is 0 Å². The van der Waals surface area contributed by atoms with Gasteiger partial charge < -0.3 is 40.3 Å². The Hall–Kier alpha value is -3.67. The second-order valence-electron chi connectivity index (χ2n) is 26.0. The third-order valence-electron chi connectivity index (χ3n) is 17.4. The average molecular weight is 1280 g/mol. The average Bonchev–Trinajstić information content (AvgIpc) is 1.00. The van der Waals surface area contributed by atoms with Gasteiger partial charge in [-0.2, -0.15) is 0 Å². The number of rotatable bonds is 66. The minimum Gasteiger partial charge on any atom is -0.394 e. The van der Waals surface area contributed by atoms with Crippen LogP contribution < -0.4 is 5.32 Å². The van der Waals surface area contributed by atoms with Gasteiger partial charge in [-0.15, -0.1) is 0 Å². The Morgan fingerprint density at radius 1 is 0.380 bits per heavy atom. The molecule has 7 unspecified atom stereocenters. The summed E-state index contributed by atoms with van der Waals surface area (Å²) in [6, 6.07) is -0.840. The Kier molecular flexibility index (Phi) is 65.8. The van der Waals surface area contributed by atoms with Crippen LogP contribution in [0, 0.1) is 0 Å². The van der Waals surface area contributed by atoms with E-state index in [9.17, 15) is 30.3 Å². The first-order valence-electron chi connectivity index (χ1n) is 38.4. The summed E-state index contributed by atoms with van der Waals surface area (Å²) in [5.74, 6) is -0.195. The lowest BCUT2D eigenvalue weighted by molar-refractivity contribution is -0.302. The predicted molar refractivity (Wildman–Crippen MR) is 396 cm³/mol. The molecule has 0 spiro atoms. The highest BCUT2D eigenvalue weighted by Crippen LogP contribution is 2.23. The van der Waals surface area contributed by atoms with Crippen molar-refractivity contribution in [1.29, 1.82) is 0 Å². The van der Waals surface area contributed by atoms with Crippen LogP contribution in [-0.4, -0.2) is 87.5 Å². The van der Waals surface area contributed by atoms with E-state index >= 15 is 0 Å². The molecule has 1 fully saturated rings. The standard InChI is InChI=1S/C83H143NO8/c1-3-5-7-9-11-13-15-17-19-21-23-25-27-29-31-33-35-37-38-39-40-41-43-45-47-49-51-53-55-57-59-61-63-65-67-69-71-73-79(87)84-76(75-91-83-82(90)81(89)80(88)78(74-85)92-83)77(86)72-70-68-66-64-62-60-58-56-54-52-50-48-46-44-42-36-34-32-30-28-26-24-22-20-18-16-14-12-10-8-6-4-2/h5,7,11,13,17,19,23,25,29,31,35,37,39-40,43,45,54,56,62,64,70,72,76-78,80-83,85-86,88-90H,3-4,6,8-10,12,14-16,18,20-22,24,26-28,30,32-34,36,38,41-42,44,46-53,55,57-61,63,65-69,71,73-75H2,1-2H3,(H,84,87)/b7-5-,13-11-,19-17-,25-23-,31-29-,37-35-,40-39-,45-43-,56-54+,64-62+,72-70+. The third-order valence-corrected chi connectivity index (χ3v) is 17.4. The maximum atomic E-state index is 13.2. The summed E-state index contributed by atoms with van der Waals surface area (Å²) in [5, 5.41) is 54.8. The number of ether oxygens (including phenoxy) is 2. The lowest BCUT2D eigenvalue weighted by Crippen LogP contribution is -2.60. The van der Waals surface area contributed by atoms with Crippen LogP contribution in [0.1, 0.15) is 328 Å². The fourth-order valence-electron chi connectivity index (χ4n) is 11.5. The number of hydrogen-bond donors (Lipinski definition) is 6. The second-order valence-corrected chi connectivity index (χ2v) is 26.0. The molecule has 1 heterocycles. The molecule has 1 saturated heterocycles. The van der Waals surface area contributed by atoms with E-state index in [-0.39, 0.29) is 12.5 Å². The lowest BCUT2D eigenvalue weighted by Gasteiger charge is -2.40. The Bertz CT molecular complexity index is 1920. The van der Waals surface area contributed by atoms with E-state index in [0.717, 1.165) is 103 Å². The van der Waals surface area contributed by atoms with Crippen molar-refractivity contribution in [2.75, 3.05) is 13.2 Å². The van der Waals surface area contributed by atoms with Gasteiger partial charge in [0.1, 0.15) is 24.4 Å². The quantitative estimate of drug-likeness (QED) is 0.0261. The molecule has 9 heteroatoms. The normalized spacial score (nSPS) is 18.4. The molecule has 0 aromatic carbocycles. The third kappa shape index (κ3) is 57.7. The van der Waals surface area contributed by atoms with Gasteiger partial charge in [0.25, 0.3) is 0 Å². The van der Waals surface area contributed by atoms with Gasteiger partial charge in [-0.25, -0.2) is 0 Å². The van der Waals surface area contributed by atoms with Gasteiger partial charge in [0.05, 0.1) is 25.4 Å². The Morgan fingerprint density at radius 3 is 1.04 bits per heavy atom. The molecule has 0 aromatic rings. The van der Waals surface area contributed by atoms with Gasteiger partial charge >= 0.3 is 0 Å². The van der Waals surface area contributed by atoms with Crippen LogP contribution in [0.15, 0.2) is 134 Å². The number of unbranched alkanes of at least 4 members (excludes halogenated alkanes) is 36. The first kappa shape index (κ1) is 86.3. The maximum absolute atomic E-state index is 13.2. The number of allylic oxidation sites excluding steroid dienone is 21. The minimum atomic E-state index is -1.58. The zero-order valence-electron chi connectivity index (χ0n) is 59.3. The highest BCUT2D eigenvalue weighted by atomic mass is 16.7. The lowest BCUT2D eigenvalue weighted by atomic mass is 9.99. The molecular weight excluding hydrogens is 1140 g/mol. The zero-order chi connectivity index (χ0) is 66.4. The molecule has 1 rings (SSSR count). The number of hydrogen-bond acceptors (Lipinski definition) is 8. The van der Waals surface area contributed by atoms with Crippen LogP contribution in [-0.2, 0) is 14.3 Å². The number of aliphatic hydroxyl groups is 5. The van der Waals surface area contributed by atoms with E-state index in [1.165, 1.54) is 205 Å². The van der Waals surface area contributed by atoms with Crippen molar-refractivity contribution in [3.05, 3.63) is 134 Å².